The number of aliphatic hydroxyl groups is 2. The summed E-state index contributed by atoms with van der Waals surface area (Å²) >= 11 is 0. The number of oxime groups is 1. The average molecular weight is 862 g/mol. The van der Waals surface area contributed by atoms with Crippen molar-refractivity contribution in [2.45, 2.75) is 96.3 Å². The normalized spacial score (nSPS) is 22.8. The van der Waals surface area contributed by atoms with E-state index in [-0.39, 0.29) is 76.2 Å². The minimum Gasteiger partial charge on any atom is -0.487 e. The number of pyridine rings is 1. The second-order valence-electron chi connectivity index (χ2n) is 16.5. The summed E-state index contributed by atoms with van der Waals surface area (Å²) in [6.07, 6.45) is 8.06. The zero-order valence-corrected chi connectivity index (χ0v) is 36.4. The Morgan fingerprint density at radius 3 is 2.48 bits per heavy atom. The Kier molecular flexibility index (Phi) is 15.6. The standard InChI is InChI=1S/C51H60FN3O8/c1-4-28-61-51-47(55(50(58)59-5-2)32-36-20-22-39(52)23-21-36)31-45(54-62-33-37-15-7-6-8-16-37)43-29-38(17-9-11-26-56)42(19-10-12-27-57)48(49(43)51)44-30-41(24-25-46(44)63-51)60-34-40-18-13-14-35(3)53-40/h4,6-8,13-16,18,20-25,29-30,38,42,47-49,56-57H,1,5,9-12,17,19,26-28,31-34H2,2-3H3/t38-,42+,47-,48+,49+,51+/m0/s1. The number of aromatic nitrogens is 1. The molecule has 2 heterocycles. The van der Waals surface area contributed by atoms with Gasteiger partial charge in [-0.25, -0.2) is 9.18 Å². The van der Waals surface area contributed by atoms with Crippen LogP contribution < -0.4 is 9.47 Å². The maximum Gasteiger partial charge on any atom is 0.410 e. The Morgan fingerprint density at radius 1 is 0.968 bits per heavy atom. The lowest BCUT2D eigenvalue weighted by molar-refractivity contribution is -0.256. The number of carbonyl (C=O) groups is 1. The number of amides is 1. The Balaban J connectivity index is 1.43. The topological polar surface area (TPSA) is 132 Å². The van der Waals surface area contributed by atoms with E-state index in [1.807, 2.05) is 67.6 Å². The Hall–Kier alpha value is -5.56. The number of nitrogens with zero attached hydrogens (tertiary/aromatic N) is 3. The molecule has 1 aliphatic heterocycles. The van der Waals surface area contributed by atoms with Gasteiger partial charge in [-0.1, -0.05) is 78.7 Å². The van der Waals surface area contributed by atoms with E-state index >= 15 is 0 Å². The van der Waals surface area contributed by atoms with Crippen molar-refractivity contribution in [1.29, 1.82) is 0 Å². The molecule has 1 amide bonds. The van der Waals surface area contributed by atoms with E-state index in [4.69, 9.17) is 28.9 Å². The first kappa shape index (κ1) is 45.5. The summed E-state index contributed by atoms with van der Waals surface area (Å²) < 4.78 is 40.9. The van der Waals surface area contributed by atoms with Crippen molar-refractivity contribution in [2.24, 2.45) is 22.9 Å². The average Bonchev–Trinajstić information content (AvgIpc) is 3.29. The number of allylic oxidation sites excluding steroid dienone is 1. The number of ether oxygens (including phenoxy) is 4. The van der Waals surface area contributed by atoms with Crippen LogP contribution in [0.25, 0.3) is 0 Å². The van der Waals surface area contributed by atoms with E-state index in [2.05, 4.69) is 23.7 Å². The molecule has 0 saturated heterocycles. The van der Waals surface area contributed by atoms with E-state index in [0.29, 0.717) is 35.6 Å². The number of aliphatic hydroxyl groups excluding tert-OH is 2. The minimum absolute atomic E-state index is 0.0189. The van der Waals surface area contributed by atoms with Crippen LogP contribution in [0.1, 0.15) is 85.9 Å². The summed E-state index contributed by atoms with van der Waals surface area (Å²) in [6.45, 7) is 8.69. The van der Waals surface area contributed by atoms with Crippen LogP contribution in [0.3, 0.4) is 0 Å². The van der Waals surface area contributed by atoms with Gasteiger partial charge in [-0.2, -0.15) is 0 Å². The fourth-order valence-electron chi connectivity index (χ4n) is 9.63. The molecule has 11 nitrogen and oxygen atoms in total. The fraction of sp³-hybridized carbons (Fsp3) is 0.431. The van der Waals surface area contributed by atoms with Gasteiger partial charge in [-0.05, 0) is 111 Å². The predicted octanol–water partition coefficient (Wildman–Crippen LogP) is 9.60. The number of hydrogen-bond donors (Lipinski definition) is 2. The maximum absolute atomic E-state index is 14.4. The monoisotopic (exact) mass is 861 g/mol. The molecular weight excluding hydrogens is 802 g/mol. The minimum atomic E-state index is -1.50. The summed E-state index contributed by atoms with van der Waals surface area (Å²) in [7, 11) is 0. The van der Waals surface area contributed by atoms with Crippen molar-refractivity contribution in [2.75, 3.05) is 26.4 Å². The van der Waals surface area contributed by atoms with E-state index in [1.54, 1.807) is 30.0 Å². The van der Waals surface area contributed by atoms with Gasteiger partial charge in [0.1, 0.15) is 36.6 Å². The first-order chi connectivity index (χ1) is 30.8. The molecule has 7 rings (SSSR count). The predicted molar refractivity (Wildman–Crippen MR) is 238 cm³/mol. The summed E-state index contributed by atoms with van der Waals surface area (Å²) in [6, 6.07) is 26.8. The number of unbranched alkanes of at least 4 members (excludes halogenated alkanes) is 2. The SMILES string of the molecule is C=CCO[C@@]12Oc3ccc(OCc4cccc(C)n4)cc3[C@H]3[C@H](CCCCO)[C@@H](CCCCO)C=C(C(=NOCc4ccccc4)C[C@@H]1N(Cc1ccc(F)cc1)C(=O)OCC)[C@H]32. The molecular formula is C51H60FN3O8. The molecule has 12 heteroatoms. The quantitative estimate of drug-likeness (QED) is 0.0478. The van der Waals surface area contributed by atoms with Crippen LogP contribution in [-0.4, -0.2) is 70.2 Å². The lowest BCUT2D eigenvalue weighted by atomic mass is 9.55. The van der Waals surface area contributed by atoms with Crippen molar-refractivity contribution in [3.05, 3.63) is 149 Å². The first-order valence-electron chi connectivity index (χ1n) is 22.3. The Bertz CT molecular complexity index is 2200. The van der Waals surface area contributed by atoms with Gasteiger partial charge in [-0.15, -0.1) is 6.58 Å². The number of fused-ring (bicyclic) bond motifs is 2. The molecule has 1 fully saturated rings. The first-order valence-corrected chi connectivity index (χ1v) is 22.3. The van der Waals surface area contributed by atoms with Crippen LogP contribution in [0.2, 0.25) is 0 Å². The Labute approximate surface area is 370 Å². The molecule has 0 bridgehead atoms. The maximum atomic E-state index is 14.4. The van der Waals surface area contributed by atoms with Crippen molar-refractivity contribution in [3.8, 4) is 11.5 Å². The van der Waals surface area contributed by atoms with Crippen LogP contribution in [0, 0.1) is 30.5 Å². The number of carbonyl (C=O) groups excluding carboxylic acids is 1. The molecule has 1 aromatic heterocycles. The zero-order valence-electron chi connectivity index (χ0n) is 36.4. The van der Waals surface area contributed by atoms with Crippen molar-refractivity contribution >= 4 is 11.8 Å². The van der Waals surface area contributed by atoms with Crippen LogP contribution >= 0.6 is 0 Å². The van der Waals surface area contributed by atoms with Crippen LogP contribution in [0.15, 0.2) is 120 Å². The lowest BCUT2D eigenvalue weighted by Gasteiger charge is -2.59. The molecule has 4 aromatic rings. The fourth-order valence-corrected chi connectivity index (χ4v) is 9.63. The van der Waals surface area contributed by atoms with Gasteiger partial charge in [0.05, 0.1) is 30.5 Å². The third-order valence-corrected chi connectivity index (χ3v) is 12.4. The molecule has 6 atom stereocenters. The molecule has 334 valence electrons. The summed E-state index contributed by atoms with van der Waals surface area (Å²) in [4.78, 5) is 26.9. The highest BCUT2D eigenvalue weighted by Gasteiger charge is 2.65. The molecule has 3 aromatic carbocycles. The highest BCUT2D eigenvalue weighted by atomic mass is 19.1. The Morgan fingerprint density at radius 2 is 1.75 bits per heavy atom. The molecule has 0 unspecified atom stereocenters. The third kappa shape index (κ3) is 10.6. The van der Waals surface area contributed by atoms with Crippen molar-refractivity contribution < 1.29 is 43.2 Å². The van der Waals surface area contributed by atoms with E-state index in [0.717, 1.165) is 53.8 Å². The zero-order chi connectivity index (χ0) is 44.2. The summed E-state index contributed by atoms with van der Waals surface area (Å²) in [5.74, 6) is -1.36. The summed E-state index contributed by atoms with van der Waals surface area (Å²) in [5, 5.41) is 24.8. The number of aryl methyl sites for hydroxylation is 1. The molecule has 63 heavy (non-hydrogen) atoms. The van der Waals surface area contributed by atoms with E-state index in [9.17, 15) is 19.4 Å². The summed E-state index contributed by atoms with van der Waals surface area (Å²) in [5.41, 5.74) is 5.85. The highest BCUT2D eigenvalue weighted by molar-refractivity contribution is 6.03. The molecule has 2 N–H and O–H groups in total. The van der Waals surface area contributed by atoms with Gasteiger partial charge >= 0.3 is 6.09 Å². The van der Waals surface area contributed by atoms with Gasteiger partial charge in [0, 0.05) is 43.4 Å². The van der Waals surface area contributed by atoms with E-state index in [1.165, 1.54) is 12.1 Å². The van der Waals surface area contributed by atoms with E-state index < -0.39 is 23.8 Å². The number of benzene rings is 3. The lowest BCUT2D eigenvalue weighted by Crippen LogP contribution is -2.70. The van der Waals surface area contributed by atoms with Crippen LogP contribution in [-0.2, 0) is 34.1 Å². The smallest absolute Gasteiger partial charge is 0.410 e. The van der Waals surface area contributed by atoms with Crippen molar-refractivity contribution in [1.82, 2.24) is 9.88 Å². The molecule has 3 aliphatic rings. The van der Waals surface area contributed by atoms with Gasteiger partial charge < -0.3 is 34.0 Å². The second kappa shape index (κ2) is 21.7. The molecule has 0 radical (unpaired) electrons. The van der Waals surface area contributed by atoms with Crippen molar-refractivity contribution in [3.63, 3.8) is 0 Å². The van der Waals surface area contributed by atoms with Gasteiger partial charge in [-0.3, -0.25) is 9.88 Å². The van der Waals surface area contributed by atoms with Crippen LogP contribution in [0.4, 0.5) is 9.18 Å². The van der Waals surface area contributed by atoms with Gasteiger partial charge in [0.2, 0.25) is 5.79 Å². The molecule has 2 aliphatic carbocycles. The second-order valence-corrected chi connectivity index (χ2v) is 16.5. The van der Waals surface area contributed by atoms with Gasteiger partial charge in [0.15, 0.2) is 0 Å². The largest absolute Gasteiger partial charge is 0.487 e. The van der Waals surface area contributed by atoms with Gasteiger partial charge in [0.25, 0.3) is 0 Å². The van der Waals surface area contributed by atoms with Crippen LogP contribution in [0.5, 0.6) is 11.5 Å². The third-order valence-electron chi connectivity index (χ3n) is 12.4. The number of hydrogen-bond acceptors (Lipinski definition) is 10. The number of halogens is 1. The molecule has 1 saturated carbocycles. The highest BCUT2D eigenvalue weighted by Crippen LogP contribution is 2.62. The number of rotatable bonds is 21. The molecule has 0 spiro atoms.